The standard InChI is InChI=1S/C13H18N2O3/c1-4-13(3,14)12(18)15-9-6-5-8(2)10(7-9)11(16)17/h5-7H,4,14H2,1-3H3,(H,15,18)(H,16,17). The fraction of sp³-hybridized carbons (Fsp3) is 0.385. The van der Waals surface area contributed by atoms with Gasteiger partial charge in [0.1, 0.15) is 0 Å². The van der Waals surface area contributed by atoms with Crippen LogP contribution in [0.15, 0.2) is 18.2 Å². The first-order chi connectivity index (χ1) is 8.27. The van der Waals surface area contributed by atoms with Gasteiger partial charge in [0.05, 0.1) is 11.1 Å². The van der Waals surface area contributed by atoms with Gasteiger partial charge in [-0.2, -0.15) is 0 Å². The third-order valence-corrected chi connectivity index (χ3v) is 2.98. The maximum absolute atomic E-state index is 11.8. The van der Waals surface area contributed by atoms with Crippen molar-refractivity contribution in [3.63, 3.8) is 0 Å². The van der Waals surface area contributed by atoms with Gasteiger partial charge in [0.2, 0.25) is 5.91 Å². The molecule has 1 aromatic rings. The molecule has 98 valence electrons. The molecule has 1 atom stereocenters. The number of amides is 1. The molecule has 0 saturated carbocycles. The second kappa shape index (κ2) is 5.18. The summed E-state index contributed by atoms with van der Waals surface area (Å²) in [5.74, 6) is -1.35. The number of benzene rings is 1. The van der Waals surface area contributed by atoms with Crippen LogP contribution in [0.1, 0.15) is 36.2 Å². The molecule has 0 saturated heterocycles. The minimum absolute atomic E-state index is 0.169. The van der Waals surface area contributed by atoms with E-state index in [4.69, 9.17) is 10.8 Å². The summed E-state index contributed by atoms with van der Waals surface area (Å²) in [6.07, 6.45) is 0.497. The number of anilines is 1. The predicted molar refractivity (Wildman–Crippen MR) is 69.7 cm³/mol. The number of carbonyl (C=O) groups is 2. The first-order valence-corrected chi connectivity index (χ1v) is 5.72. The fourth-order valence-electron chi connectivity index (χ4n) is 1.36. The number of carboxylic acids is 1. The number of hydrogen-bond acceptors (Lipinski definition) is 3. The Labute approximate surface area is 106 Å². The average molecular weight is 250 g/mol. The topological polar surface area (TPSA) is 92.4 Å². The molecule has 0 aliphatic carbocycles. The summed E-state index contributed by atoms with van der Waals surface area (Å²) in [6, 6.07) is 4.74. The van der Waals surface area contributed by atoms with Crippen molar-refractivity contribution < 1.29 is 14.7 Å². The Bertz CT molecular complexity index is 481. The van der Waals surface area contributed by atoms with Crippen molar-refractivity contribution in [2.75, 3.05) is 5.32 Å². The Morgan fingerprint density at radius 3 is 2.56 bits per heavy atom. The van der Waals surface area contributed by atoms with Gasteiger partial charge in [0.15, 0.2) is 0 Å². The van der Waals surface area contributed by atoms with E-state index in [-0.39, 0.29) is 11.5 Å². The molecule has 18 heavy (non-hydrogen) atoms. The van der Waals surface area contributed by atoms with Crippen LogP contribution < -0.4 is 11.1 Å². The van der Waals surface area contributed by atoms with Crippen molar-refractivity contribution in [1.82, 2.24) is 0 Å². The van der Waals surface area contributed by atoms with E-state index in [0.29, 0.717) is 17.7 Å². The van der Waals surface area contributed by atoms with Gasteiger partial charge >= 0.3 is 5.97 Å². The van der Waals surface area contributed by atoms with E-state index in [2.05, 4.69) is 5.32 Å². The van der Waals surface area contributed by atoms with Crippen molar-refractivity contribution in [2.45, 2.75) is 32.7 Å². The van der Waals surface area contributed by atoms with Crippen molar-refractivity contribution in [2.24, 2.45) is 5.73 Å². The van der Waals surface area contributed by atoms with Crippen molar-refractivity contribution in [1.29, 1.82) is 0 Å². The summed E-state index contributed by atoms with van der Waals surface area (Å²) < 4.78 is 0. The normalized spacial score (nSPS) is 13.8. The van der Waals surface area contributed by atoms with E-state index in [9.17, 15) is 9.59 Å². The van der Waals surface area contributed by atoms with E-state index < -0.39 is 11.5 Å². The number of aryl methyl sites for hydroxylation is 1. The van der Waals surface area contributed by atoms with E-state index >= 15 is 0 Å². The van der Waals surface area contributed by atoms with E-state index in [0.717, 1.165) is 0 Å². The third kappa shape index (κ3) is 3.07. The molecule has 0 bridgehead atoms. The molecule has 0 fully saturated rings. The Hall–Kier alpha value is -1.88. The van der Waals surface area contributed by atoms with Gasteiger partial charge in [-0.05, 0) is 38.0 Å². The molecule has 0 aliphatic rings. The van der Waals surface area contributed by atoms with Crippen LogP contribution >= 0.6 is 0 Å². The molecule has 0 heterocycles. The fourth-order valence-corrected chi connectivity index (χ4v) is 1.36. The zero-order valence-electron chi connectivity index (χ0n) is 10.8. The molecule has 1 aromatic carbocycles. The highest BCUT2D eigenvalue weighted by atomic mass is 16.4. The second-order valence-corrected chi connectivity index (χ2v) is 4.56. The highest BCUT2D eigenvalue weighted by Gasteiger charge is 2.26. The van der Waals surface area contributed by atoms with Gasteiger partial charge in [-0.15, -0.1) is 0 Å². The van der Waals surface area contributed by atoms with Gasteiger partial charge in [0, 0.05) is 5.69 Å². The summed E-state index contributed by atoms with van der Waals surface area (Å²) >= 11 is 0. The average Bonchev–Trinajstić information content (AvgIpc) is 2.31. The highest BCUT2D eigenvalue weighted by molar-refractivity contribution is 5.99. The van der Waals surface area contributed by atoms with Crippen LogP contribution in [-0.4, -0.2) is 22.5 Å². The molecule has 0 aromatic heterocycles. The summed E-state index contributed by atoms with van der Waals surface area (Å²) in [5.41, 5.74) is 6.10. The summed E-state index contributed by atoms with van der Waals surface area (Å²) in [5, 5.41) is 11.6. The molecule has 5 heteroatoms. The summed E-state index contributed by atoms with van der Waals surface area (Å²) in [4.78, 5) is 22.8. The zero-order chi connectivity index (χ0) is 13.9. The number of carbonyl (C=O) groups excluding carboxylic acids is 1. The number of aromatic carboxylic acids is 1. The molecular weight excluding hydrogens is 232 g/mol. The van der Waals surface area contributed by atoms with Crippen LogP contribution in [0.2, 0.25) is 0 Å². The van der Waals surface area contributed by atoms with Gasteiger partial charge in [-0.3, -0.25) is 4.79 Å². The molecule has 1 unspecified atom stereocenters. The SMILES string of the molecule is CCC(C)(N)C(=O)Nc1ccc(C)c(C(=O)O)c1. The lowest BCUT2D eigenvalue weighted by Crippen LogP contribution is -2.47. The maximum Gasteiger partial charge on any atom is 0.336 e. The number of nitrogens with one attached hydrogen (secondary N) is 1. The van der Waals surface area contributed by atoms with Crippen molar-refractivity contribution in [3.05, 3.63) is 29.3 Å². The lowest BCUT2D eigenvalue weighted by Gasteiger charge is -2.21. The summed E-state index contributed by atoms with van der Waals surface area (Å²) in [6.45, 7) is 5.15. The molecule has 0 spiro atoms. The molecular formula is C13H18N2O3. The Kier molecular flexibility index (Phi) is 4.08. The molecule has 5 nitrogen and oxygen atoms in total. The summed E-state index contributed by atoms with van der Waals surface area (Å²) in [7, 11) is 0. The third-order valence-electron chi connectivity index (χ3n) is 2.98. The van der Waals surface area contributed by atoms with E-state index in [1.54, 1.807) is 26.0 Å². The number of nitrogens with two attached hydrogens (primary N) is 1. The van der Waals surface area contributed by atoms with Crippen molar-refractivity contribution >= 4 is 17.6 Å². The largest absolute Gasteiger partial charge is 0.478 e. The van der Waals surface area contributed by atoms with Gasteiger partial charge in [0.25, 0.3) is 0 Å². The monoisotopic (exact) mass is 250 g/mol. The quantitative estimate of drug-likeness (QED) is 0.759. The van der Waals surface area contributed by atoms with Crippen LogP contribution in [0.5, 0.6) is 0 Å². The van der Waals surface area contributed by atoms with Crippen LogP contribution in [0, 0.1) is 6.92 Å². The zero-order valence-corrected chi connectivity index (χ0v) is 10.8. The predicted octanol–water partition coefficient (Wildman–Crippen LogP) is 1.76. The molecule has 1 rings (SSSR count). The molecule has 1 amide bonds. The molecule has 0 radical (unpaired) electrons. The Morgan fingerprint density at radius 2 is 2.06 bits per heavy atom. The maximum atomic E-state index is 11.8. The minimum Gasteiger partial charge on any atom is -0.478 e. The van der Waals surface area contributed by atoms with E-state index in [1.807, 2.05) is 6.92 Å². The second-order valence-electron chi connectivity index (χ2n) is 4.56. The lowest BCUT2D eigenvalue weighted by molar-refractivity contribution is -0.120. The number of carboxylic acid groups (broad SMARTS) is 1. The van der Waals surface area contributed by atoms with Crippen LogP contribution in [0.3, 0.4) is 0 Å². The van der Waals surface area contributed by atoms with E-state index in [1.165, 1.54) is 6.07 Å². The first kappa shape index (κ1) is 14.2. The first-order valence-electron chi connectivity index (χ1n) is 5.72. The van der Waals surface area contributed by atoms with Crippen molar-refractivity contribution in [3.8, 4) is 0 Å². The van der Waals surface area contributed by atoms with Gasteiger partial charge in [-0.1, -0.05) is 13.0 Å². The minimum atomic E-state index is -1.02. The Balaban J connectivity index is 2.96. The van der Waals surface area contributed by atoms with Crippen LogP contribution in [0.4, 0.5) is 5.69 Å². The molecule has 0 aliphatic heterocycles. The van der Waals surface area contributed by atoms with Gasteiger partial charge < -0.3 is 16.2 Å². The number of rotatable bonds is 4. The van der Waals surface area contributed by atoms with Gasteiger partial charge in [-0.25, -0.2) is 4.79 Å². The number of hydrogen-bond donors (Lipinski definition) is 3. The smallest absolute Gasteiger partial charge is 0.336 e. The Morgan fingerprint density at radius 1 is 1.44 bits per heavy atom. The van der Waals surface area contributed by atoms with Crippen LogP contribution in [-0.2, 0) is 4.79 Å². The lowest BCUT2D eigenvalue weighted by atomic mass is 9.99. The molecule has 4 N–H and O–H groups in total. The highest BCUT2D eigenvalue weighted by Crippen LogP contribution is 2.17. The van der Waals surface area contributed by atoms with Crippen LogP contribution in [0.25, 0.3) is 0 Å².